The topological polar surface area (TPSA) is 53.4 Å². The van der Waals surface area contributed by atoms with E-state index in [1.165, 1.54) is 0 Å². The van der Waals surface area contributed by atoms with Gasteiger partial charge in [-0.3, -0.25) is 9.36 Å². The van der Waals surface area contributed by atoms with Gasteiger partial charge >= 0.3 is 0 Å². The van der Waals surface area contributed by atoms with Crippen molar-refractivity contribution in [1.82, 2.24) is 9.55 Å². The zero-order valence-electron chi connectivity index (χ0n) is 13.6. The van der Waals surface area contributed by atoms with Crippen LogP contribution in [-0.4, -0.2) is 22.8 Å². The van der Waals surface area contributed by atoms with Gasteiger partial charge in [-0.25, -0.2) is 4.98 Å². The molecular weight excluding hydrogens is 304 g/mol. The molecule has 124 valence electrons. The van der Waals surface area contributed by atoms with Crippen molar-refractivity contribution in [2.45, 2.75) is 19.9 Å². The first-order valence-corrected chi connectivity index (χ1v) is 8.08. The standard InChI is InChI=1S/C19H20N2O3/c1-2-23-15-8-10-16(11-9-15)24-13-5-12-21-14-20-18-7-4-3-6-17(18)19(21)22/h3-4,6-11,14H,2,5,12-13H2,1H3. The summed E-state index contributed by atoms with van der Waals surface area (Å²) in [5.74, 6) is 1.63. The minimum atomic E-state index is -0.0123. The number of fused-ring (bicyclic) bond motifs is 1. The third-order valence-corrected chi connectivity index (χ3v) is 3.68. The van der Waals surface area contributed by atoms with Crippen LogP contribution in [0.3, 0.4) is 0 Å². The molecule has 0 saturated heterocycles. The Morgan fingerprint density at radius 1 is 1.00 bits per heavy atom. The number of benzene rings is 2. The lowest BCUT2D eigenvalue weighted by Gasteiger charge is -2.09. The summed E-state index contributed by atoms with van der Waals surface area (Å²) in [6.07, 6.45) is 2.33. The monoisotopic (exact) mass is 324 g/mol. The maximum Gasteiger partial charge on any atom is 0.261 e. The largest absolute Gasteiger partial charge is 0.494 e. The van der Waals surface area contributed by atoms with Crippen LogP contribution in [0.15, 0.2) is 59.7 Å². The van der Waals surface area contributed by atoms with Crippen LogP contribution in [0.25, 0.3) is 10.9 Å². The molecule has 0 N–H and O–H groups in total. The van der Waals surface area contributed by atoms with Crippen LogP contribution in [0.4, 0.5) is 0 Å². The van der Waals surface area contributed by atoms with Gasteiger partial charge in [0.15, 0.2) is 0 Å². The van der Waals surface area contributed by atoms with Crippen molar-refractivity contribution in [2.24, 2.45) is 0 Å². The van der Waals surface area contributed by atoms with Crippen molar-refractivity contribution in [3.05, 3.63) is 65.2 Å². The molecule has 2 aromatic carbocycles. The smallest absolute Gasteiger partial charge is 0.261 e. The summed E-state index contributed by atoms with van der Waals surface area (Å²) in [6, 6.07) is 14.9. The van der Waals surface area contributed by atoms with Crippen LogP contribution >= 0.6 is 0 Å². The van der Waals surface area contributed by atoms with E-state index in [-0.39, 0.29) is 5.56 Å². The number of para-hydroxylation sites is 1. The molecule has 5 nitrogen and oxygen atoms in total. The van der Waals surface area contributed by atoms with E-state index in [9.17, 15) is 4.79 Å². The van der Waals surface area contributed by atoms with Crippen LogP contribution in [-0.2, 0) is 6.54 Å². The first-order chi connectivity index (χ1) is 11.8. The number of rotatable bonds is 7. The van der Waals surface area contributed by atoms with E-state index in [4.69, 9.17) is 9.47 Å². The fourth-order valence-electron chi connectivity index (χ4n) is 2.49. The van der Waals surface area contributed by atoms with Crippen LogP contribution in [0, 0.1) is 0 Å². The molecule has 0 aliphatic rings. The Kier molecular flexibility index (Phi) is 5.11. The molecule has 1 heterocycles. The predicted molar refractivity (Wildman–Crippen MR) is 93.7 cm³/mol. The van der Waals surface area contributed by atoms with Gasteiger partial charge < -0.3 is 9.47 Å². The Hall–Kier alpha value is -2.82. The molecule has 0 radical (unpaired) electrons. The van der Waals surface area contributed by atoms with Gasteiger partial charge in [-0.1, -0.05) is 12.1 Å². The van der Waals surface area contributed by atoms with Gasteiger partial charge in [0.1, 0.15) is 11.5 Å². The lowest BCUT2D eigenvalue weighted by Crippen LogP contribution is -2.21. The van der Waals surface area contributed by atoms with Crippen molar-refractivity contribution in [2.75, 3.05) is 13.2 Å². The Labute approximate surface area is 140 Å². The second kappa shape index (κ2) is 7.64. The zero-order valence-corrected chi connectivity index (χ0v) is 13.6. The molecule has 24 heavy (non-hydrogen) atoms. The van der Waals surface area contributed by atoms with Crippen molar-refractivity contribution in [3.8, 4) is 11.5 Å². The molecule has 0 aliphatic heterocycles. The highest BCUT2D eigenvalue weighted by atomic mass is 16.5. The molecule has 0 spiro atoms. The Morgan fingerprint density at radius 3 is 2.46 bits per heavy atom. The minimum absolute atomic E-state index is 0.0123. The number of hydrogen-bond acceptors (Lipinski definition) is 4. The van der Waals surface area contributed by atoms with Gasteiger partial charge in [-0.2, -0.15) is 0 Å². The Bertz CT molecular complexity index is 856. The van der Waals surface area contributed by atoms with Crippen molar-refractivity contribution in [3.63, 3.8) is 0 Å². The van der Waals surface area contributed by atoms with Crippen molar-refractivity contribution >= 4 is 10.9 Å². The number of aryl methyl sites for hydroxylation is 1. The van der Waals surface area contributed by atoms with Gasteiger partial charge in [0.25, 0.3) is 5.56 Å². The molecule has 0 fully saturated rings. The molecule has 3 rings (SSSR count). The highest BCUT2D eigenvalue weighted by molar-refractivity contribution is 5.76. The fraction of sp³-hybridized carbons (Fsp3) is 0.263. The average molecular weight is 324 g/mol. The second-order valence-electron chi connectivity index (χ2n) is 5.37. The summed E-state index contributed by atoms with van der Waals surface area (Å²) in [6.45, 7) is 3.71. The molecule has 0 saturated carbocycles. The third-order valence-electron chi connectivity index (χ3n) is 3.68. The maximum atomic E-state index is 12.4. The predicted octanol–water partition coefficient (Wildman–Crippen LogP) is 3.26. The van der Waals surface area contributed by atoms with E-state index in [1.54, 1.807) is 17.0 Å². The maximum absolute atomic E-state index is 12.4. The van der Waals surface area contributed by atoms with Gasteiger partial charge in [0.05, 0.1) is 30.4 Å². The van der Waals surface area contributed by atoms with Crippen molar-refractivity contribution in [1.29, 1.82) is 0 Å². The van der Waals surface area contributed by atoms with Gasteiger partial charge in [-0.15, -0.1) is 0 Å². The second-order valence-corrected chi connectivity index (χ2v) is 5.37. The van der Waals surface area contributed by atoms with Gasteiger partial charge in [0, 0.05) is 6.54 Å². The molecule has 1 aromatic heterocycles. The number of hydrogen-bond donors (Lipinski definition) is 0. The van der Waals surface area contributed by atoms with Gasteiger partial charge in [-0.05, 0) is 49.7 Å². The normalized spacial score (nSPS) is 10.7. The summed E-state index contributed by atoms with van der Waals surface area (Å²) in [7, 11) is 0. The highest BCUT2D eigenvalue weighted by Crippen LogP contribution is 2.17. The molecule has 0 amide bonds. The first kappa shape index (κ1) is 16.1. The number of aromatic nitrogens is 2. The van der Waals surface area contributed by atoms with Crippen LogP contribution in [0.5, 0.6) is 11.5 Å². The van der Waals surface area contributed by atoms with Gasteiger partial charge in [0.2, 0.25) is 0 Å². The third kappa shape index (κ3) is 3.74. The molecular formula is C19H20N2O3. The molecule has 0 unspecified atom stereocenters. The molecule has 0 bridgehead atoms. The Balaban J connectivity index is 1.55. The van der Waals surface area contributed by atoms with Crippen molar-refractivity contribution < 1.29 is 9.47 Å². The fourth-order valence-corrected chi connectivity index (χ4v) is 2.49. The summed E-state index contributed by atoms with van der Waals surface area (Å²) in [5.41, 5.74) is 0.714. The summed E-state index contributed by atoms with van der Waals surface area (Å²) in [4.78, 5) is 16.7. The zero-order chi connectivity index (χ0) is 16.8. The van der Waals surface area contributed by atoms with E-state index >= 15 is 0 Å². The minimum Gasteiger partial charge on any atom is -0.494 e. The molecule has 0 aliphatic carbocycles. The summed E-state index contributed by atoms with van der Waals surface area (Å²) in [5, 5.41) is 0.646. The first-order valence-electron chi connectivity index (χ1n) is 8.08. The lowest BCUT2D eigenvalue weighted by molar-refractivity contribution is 0.299. The number of nitrogens with zero attached hydrogens (tertiary/aromatic N) is 2. The lowest BCUT2D eigenvalue weighted by atomic mass is 10.2. The van der Waals surface area contributed by atoms with E-state index in [2.05, 4.69) is 4.98 Å². The highest BCUT2D eigenvalue weighted by Gasteiger charge is 2.03. The van der Waals surface area contributed by atoms with E-state index in [0.29, 0.717) is 25.1 Å². The molecule has 3 aromatic rings. The quantitative estimate of drug-likeness (QED) is 0.626. The summed E-state index contributed by atoms with van der Waals surface area (Å²) >= 11 is 0. The molecule has 0 atom stereocenters. The van der Waals surface area contributed by atoms with Crippen LogP contribution in [0.1, 0.15) is 13.3 Å². The Morgan fingerprint density at radius 2 is 1.71 bits per heavy atom. The molecule has 5 heteroatoms. The van der Waals surface area contributed by atoms with E-state index in [1.807, 2.05) is 49.4 Å². The van der Waals surface area contributed by atoms with Crippen LogP contribution in [0.2, 0.25) is 0 Å². The number of ether oxygens (including phenoxy) is 2. The van der Waals surface area contributed by atoms with Crippen LogP contribution < -0.4 is 15.0 Å². The van der Waals surface area contributed by atoms with E-state index in [0.717, 1.165) is 23.4 Å². The SMILES string of the molecule is CCOc1ccc(OCCCn2cnc3ccccc3c2=O)cc1. The summed E-state index contributed by atoms with van der Waals surface area (Å²) < 4.78 is 12.7. The average Bonchev–Trinajstić information content (AvgIpc) is 2.62. The van der Waals surface area contributed by atoms with E-state index < -0.39 is 0 Å².